The molecule has 342 valence electrons. The third-order valence-electron chi connectivity index (χ3n) is 12.2. The molecule has 67 heavy (non-hydrogen) atoms. The van der Waals surface area contributed by atoms with Crippen molar-refractivity contribution in [1.29, 1.82) is 0 Å². The predicted octanol–water partition coefficient (Wildman–Crippen LogP) is 19.3. The normalized spacial score (nSPS) is 11.8. The van der Waals surface area contributed by atoms with E-state index in [0.29, 0.717) is 11.8 Å². The van der Waals surface area contributed by atoms with Crippen LogP contribution in [0.25, 0.3) is 50.1 Å². The number of aliphatic imine (C=N–C) groups is 1. The van der Waals surface area contributed by atoms with E-state index in [1.165, 1.54) is 77.9 Å². The van der Waals surface area contributed by atoms with Crippen LogP contribution in [0.2, 0.25) is 0 Å². The molecule has 1 atom stereocenters. The molecule has 0 fully saturated rings. The summed E-state index contributed by atoms with van der Waals surface area (Å²) in [5, 5.41) is 0. The zero-order valence-electron chi connectivity index (χ0n) is 42.2. The summed E-state index contributed by atoms with van der Waals surface area (Å²) in [6.45, 7) is 28.4. The molecule has 0 aliphatic heterocycles. The largest absolute Gasteiger partial charge is 0.253 e. The maximum Gasteiger partial charge on any atom is 0.0630 e. The van der Waals surface area contributed by atoms with Crippen molar-refractivity contribution in [3.63, 3.8) is 0 Å². The quantitative estimate of drug-likeness (QED) is 0.0622. The highest BCUT2D eigenvalue weighted by Crippen LogP contribution is 2.41. The Morgan fingerprint density at radius 3 is 1.72 bits per heavy atom. The van der Waals surface area contributed by atoms with Crippen molar-refractivity contribution in [1.82, 2.24) is 0 Å². The average Bonchev–Trinajstić information content (AvgIpc) is 3.38. The molecule has 7 aromatic carbocycles. The number of nitrogens with zero attached hydrogens (tertiary/aromatic N) is 1. The molecule has 0 radical (unpaired) electrons. The summed E-state index contributed by atoms with van der Waals surface area (Å²) in [6, 6.07) is 60.9. The zero-order chi connectivity index (χ0) is 48.9. The first kappa shape index (κ1) is 52.6. The Hall–Kier alpha value is -7.01. The van der Waals surface area contributed by atoms with Gasteiger partial charge in [-0.2, -0.15) is 0 Å². The summed E-state index contributed by atoms with van der Waals surface area (Å²) in [7, 11) is 0. The molecular weight excluding hydrogens is 807 g/mol. The van der Waals surface area contributed by atoms with Crippen LogP contribution >= 0.6 is 0 Å². The molecule has 0 heterocycles. The van der Waals surface area contributed by atoms with E-state index in [-0.39, 0.29) is 0 Å². The SMILES string of the molecule is C#C.C=C(N=C(C)c1ccc(-c2cccc(-c3cccc(C)c3-c3ccccc3)c2C)c(C(C)CC)c1)C(=C/CC)/C=C(\C)c1ccccc1.CC.CC(C)c1cccc(-c2ccccc2)c1. The van der Waals surface area contributed by atoms with Crippen LogP contribution in [-0.4, -0.2) is 5.71 Å². The standard InChI is InChI=1S/C47H49N.C15H16.C2H6.C2H2/c1-9-19-40(30-34(5)38-21-13-11-14-22-38)36(7)48-37(8)41-28-29-44(46(31-41)32(3)10-2)42-25-18-26-43(35(42)6)45-27-17-20-33(4)47(45)39-23-15-12-16-24-39;1-12(2)14-9-6-10-15(11-14)13-7-4-3-5-8-13;2*1-2/h11-32H,7,9-10H2,1-6,8H3;3-12H,1-2H3;1-2H3;1-2H/b34-30+,40-19+,48-37?;;;. The van der Waals surface area contributed by atoms with Crippen LogP contribution in [0.5, 0.6) is 0 Å². The molecule has 1 unspecified atom stereocenters. The van der Waals surface area contributed by atoms with Crippen molar-refractivity contribution in [2.75, 3.05) is 0 Å². The van der Waals surface area contributed by atoms with Crippen molar-refractivity contribution >= 4 is 11.3 Å². The zero-order valence-corrected chi connectivity index (χ0v) is 42.2. The Bertz CT molecular complexity index is 2760. The van der Waals surface area contributed by atoms with E-state index < -0.39 is 0 Å². The monoisotopic (exact) mass is 880 g/mol. The lowest BCUT2D eigenvalue weighted by Gasteiger charge is -2.21. The number of allylic oxidation sites excluding steroid dienone is 3. The molecule has 7 aromatic rings. The van der Waals surface area contributed by atoms with Gasteiger partial charge in [-0.3, -0.25) is 4.99 Å². The molecule has 0 aromatic heterocycles. The van der Waals surface area contributed by atoms with Crippen LogP contribution in [0.4, 0.5) is 0 Å². The minimum atomic E-state index is 0.393. The molecular formula is C66H73N. The second-order valence-corrected chi connectivity index (χ2v) is 17.0. The average molecular weight is 880 g/mol. The van der Waals surface area contributed by atoms with Gasteiger partial charge in [-0.1, -0.05) is 225 Å². The molecule has 0 aliphatic carbocycles. The minimum absolute atomic E-state index is 0.393. The lowest BCUT2D eigenvalue weighted by Crippen LogP contribution is -2.03. The van der Waals surface area contributed by atoms with E-state index in [1.807, 2.05) is 13.8 Å². The van der Waals surface area contributed by atoms with Gasteiger partial charge in [0.05, 0.1) is 5.70 Å². The number of terminal acetylenes is 1. The van der Waals surface area contributed by atoms with Crippen molar-refractivity contribution in [2.45, 2.75) is 101 Å². The predicted molar refractivity (Wildman–Crippen MR) is 298 cm³/mol. The summed E-state index contributed by atoms with van der Waals surface area (Å²) >= 11 is 0. The fourth-order valence-electron chi connectivity index (χ4n) is 8.30. The maximum atomic E-state index is 5.07. The molecule has 1 heteroatoms. The highest BCUT2D eigenvalue weighted by Gasteiger charge is 2.18. The van der Waals surface area contributed by atoms with Crippen molar-refractivity contribution < 1.29 is 0 Å². The Labute approximate surface area is 405 Å². The van der Waals surface area contributed by atoms with Gasteiger partial charge in [0, 0.05) is 5.71 Å². The highest BCUT2D eigenvalue weighted by atomic mass is 14.8. The lowest BCUT2D eigenvalue weighted by atomic mass is 9.83. The Balaban J connectivity index is 0.000000431. The molecule has 0 aliphatic rings. The van der Waals surface area contributed by atoms with Crippen molar-refractivity contribution in [3.05, 3.63) is 233 Å². The molecule has 7 rings (SSSR count). The Morgan fingerprint density at radius 1 is 0.582 bits per heavy atom. The smallest absolute Gasteiger partial charge is 0.0630 e. The van der Waals surface area contributed by atoms with E-state index >= 15 is 0 Å². The maximum absolute atomic E-state index is 5.07. The lowest BCUT2D eigenvalue weighted by molar-refractivity contribution is 0.735. The van der Waals surface area contributed by atoms with E-state index in [2.05, 4.69) is 264 Å². The number of hydrogen-bond donors (Lipinski definition) is 0. The van der Waals surface area contributed by atoms with Crippen LogP contribution in [0.15, 0.2) is 205 Å². The van der Waals surface area contributed by atoms with E-state index in [1.54, 1.807) is 0 Å². The summed E-state index contributed by atoms with van der Waals surface area (Å²) in [4.78, 5) is 5.07. The van der Waals surface area contributed by atoms with Gasteiger partial charge in [0.15, 0.2) is 0 Å². The van der Waals surface area contributed by atoms with E-state index in [9.17, 15) is 0 Å². The second kappa shape index (κ2) is 26.8. The van der Waals surface area contributed by atoms with Gasteiger partial charge in [-0.25, -0.2) is 0 Å². The van der Waals surface area contributed by atoms with Gasteiger partial charge in [0.25, 0.3) is 0 Å². The molecule has 0 saturated carbocycles. The van der Waals surface area contributed by atoms with Crippen LogP contribution in [0.3, 0.4) is 0 Å². The second-order valence-electron chi connectivity index (χ2n) is 17.0. The van der Waals surface area contributed by atoms with E-state index in [0.717, 1.165) is 35.4 Å². The van der Waals surface area contributed by atoms with Gasteiger partial charge in [-0.15, -0.1) is 12.8 Å². The third kappa shape index (κ3) is 14.0. The number of hydrogen-bond acceptors (Lipinski definition) is 1. The number of rotatable bonds is 13. The van der Waals surface area contributed by atoms with Crippen LogP contribution in [0, 0.1) is 26.7 Å². The topological polar surface area (TPSA) is 12.4 Å². The van der Waals surface area contributed by atoms with Gasteiger partial charge in [-0.05, 0) is 154 Å². The van der Waals surface area contributed by atoms with Crippen LogP contribution < -0.4 is 0 Å². The molecule has 0 saturated heterocycles. The molecule has 0 bridgehead atoms. The number of aryl methyl sites for hydroxylation is 1. The first-order valence-electron chi connectivity index (χ1n) is 24.1. The first-order chi connectivity index (χ1) is 32.5. The molecule has 0 spiro atoms. The summed E-state index contributed by atoms with van der Waals surface area (Å²) in [5.74, 6) is 0.985. The van der Waals surface area contributed by atoms with Crippen molar-refractivity contribution in [3.8, 4) is 57.4 Å². The first-order valence-corrected chi connectivity index (χ1v) is 24.1. The molecule has 0 N–H and O–H groups in total. The molecule has 0 amide bonds. The van der Waals surface area contributed by atoms with Crippen LogP contribution in [-0.2, 0) is 0 Å². The fourth-order valence-corrected chi connectivity index (χ4v) is 8.30. The van der Waals surface area contributed by atoms with Gasteiger partial charge < -0.3 is 0 Å². The Morgan fingerprint density at radius 2 is 1.12 bits per heavy atom. The summed E-state index contributed by atoms with van der Waals surface area (Å²) < 4.78 is 0. The van der Waals surface area contributed by atoms with Gasteiger partial charge in [0.1, 0.15) is 0 Å². The van der Waals surface area contributed by atoms with E-state index in [4.69, 9.17) is 4.99 Å². The van der Waals surface area contributed by atoms with Crippen LogP contribution in [0.1, 0.15) is 120 Å². The van der Waals surface area contributed by atoms with Gasteiger partial charge in [0.2, 0.25) is 0 Å². The summed E-state index contributed by atoms with van der Waals surface area (Å²) in [6.07, 6.45) is 14.4. The third-order valence-corrected chi connectivity index (χ3v) is 12.2. The Kier molecular flexibility index (Phi) is 21.1. The highest BCUT2D eigenvalue weighted by molar-refractivity contribution is 6.00. The number of benzene rings is 7. The fraction of sp³-hybridized carbons (Fsp3) is 0.227. The molecule has 1 nitrogen and oxygen atoms in total. The summed E-state index contributed by atoms with van der Waals surface area (Å²) in [5.41, 5.74) is 22.0. The van der Waals surface area contributed by atoms with Gasteiger partial charge >= 0.3 is 0 Å². The minimum Gasteiger partial charge on any atom is -0.253 e. The van der Waals surface area contributed by atoms with Crippen molar-refractivity contribution in [2.24, 2.45) is 4.99 Å².